The number of aliphatic hydroxyl groups is 2. The Kier molecular flexibility index (Phi) is 5.61. The van der Waals surface area contributed by atoms with Gasteiger partial charge in [0.15, 0.2) is 0 Å². The molecule has 0 saturated carbocycles. The Morgan fingerprint density at radius 2 is 2.17 bits per heavy atom. The standard InChI is InChI=1S/C11H12ClN3O3/c12-9-4-7(6-16)3-8(5-9)11(18)10(17)1-2-14-15-13/h3-6,10-11,17-18H,1-2H2. The van der Waals surface area contributed by atoms with Crippen molar-refractivity contribution in [2.75, 3.05) is 6.54 Å². The van der Waals surface area contributed by atoms with Crippen molar-refractivity contribution in [2.24, 2.45) is 5.11 Å². The van der Waals surface area contributed by atoms with Crippen molar-refractivity contribution in [1.82, 2.24) is 0 Å². The molecular weight excluding hydrogens is 258 g/mol. The molecule has 2 unspecified atom stereocenters. The van der Waals surface area contributed by atoms with Crippen LogP contribution in [0.3, 0.4) is 0 Å². The Balaban J connectivity index is 2.81. The molecule has 0 aliphatic heterocycles. The highest BCUT2D eigenvalue weighted by molar-refractivity contribution is 6.30. The molecule has 0 bridgehead atoms. The number of aliphatic hydroxyl groups excluding tert-OH is 2. The van der Waals surface area contributed by atoms with E-state index < -0.39 is 12.2 Å². The average molecular weight is 270 g/mol. The predicted molar refractivity (Wildman–Crippen MR) is 66.4 cm³/mol. The molecule has 0 aromatic heterocycles. The van der Waals surface area contributed by atoms with Crippen LogP contribution in [-0.4, -0.2) is 29.1 Å². The molecule has 18 heavy (non-hydrogen) atoms. The molecule has 1 rings (SSSR count). The number of nitrogens with zero attached hydrogens (tertiary/aromatic N) is 3. The molecule has 2 atom stereocenters. The number of azide groups is 1. The highest BCUT2D eigenvalue weighted by atomic mass is 35.5. The number of benzene rings is 1. The van der Waals surface area contributed by atoms with Gasteiger partial charge in [0.1, 0.15) is 12.4 Å². The van der Waals surface area contributed by atoms with Gasteiger partial charge in [0.05, 0.1) is 6.10 Å². The first kappa shape index (κ1) is 14.5. The van der Waals surface area contributed by atoms with Gasteiger partial charge in [0.25, 0.3) is 0 Å². The van der Waals surface area contributed by atoms with Crippen LogP contribution in [0.5, 0.6) is 0 Å². The summed E-state index contributed by atoms with van der Waals surface area (Å²) in [5, 5.41) is 23.1. The quantitative estimate of drug-likeness (QED) is 0.358. The van der Waals surface area contributed by atoms with Gasteiger partial charge in [-0.15, -0.1) is 0 Å². The van der Waals surface area contributed by atoms with E-state index in [1.165, 1.54) is 18.2 Å². The first-order valence-corrected chi connectivity index (χ1v) is 5.59. The molecule has 0 fully saturated rings. The summed E-state index contributed by atoms with van der Waals surface area (Å²) < 4.78 is 0. The normalized spacial score (nSPS) is 13.5. The minimum atomic E-state index is -1.18. The Morgan fingerprint density at radius 1 is 1.44 bits per heavy atom. The second-order valence-corrected chi connectivity index (χ2v) is 4.13. The van der Waals surface area contributed by atoms with Crippen LogP contribution in [-0.2, 0) is 0 Å². The van der Waals surface area contributed by atoms with Crippen molar-refractivity contribution in [3.63, 3.8) is 0 Å². The molecule has 1 aromatic rings. The number of carbonyl (C=O) groups excluding carboxylic acids is 1. The second-order valence-electron chi connectivity index (χ2n) is 3.69. The van der Waals surface area contributed by atoms with Crippen molar-refractivity contribution < 1.29 is 15.0 Å². The molecule has 6 nitrogen and oxygen atoms in total. The number of aldehydes is 1. The molecule has 7 heteroatoms. The maximum absolute atomic E-state index is 10.7. The van der Waals surface area contributed by atoms with Crippen LogP contribution in [0.1, 0.15) is 28.4 Å². The SMILES string of the molecule is [N-]=[N+]=NCCC(O)C(O)c1cc(Cl)cc(C=O)c1. The van der Waals surface area contributed by atoms with Crippen molar-refractivity contribution in [3.05, 3.63) is 44.8 Å². The minimum Gasteiger partial charge on any atom is -0.390 e. The van der Waals surface area contributed by atoms with Crippen LogP contribution < -0.4 is 0 Å². The summed E-state index contributed by atoms with van der Waals surface area (Å²) in [6, 6.07) is 4.37. The highest BCUT2D eigenvalue weighted by Crippen LogP contribution is 2.23. The van der Waals surface area contributed by atoms with E-state index in [1.54, 1.807) is 0 Å². The highest BCUT2D eigenvalue weighted by Gasteiger charge is 2.18. The van der Waals surface area contributed by atoms with Gasteiger partial charge >= 0.3 is 0 Å². The van der Waals surface area contributed by atoms with Crippen LogP contribution in [0.15, 0.2) is 23.3 Å². The lowest BCUT2D eigenvalue weighted by Crippen LogP contribution is -2.19. The minimum absolute atomic E-state index is 0.0792. The Bertz CT molecular complexity index is 475. The summed E-state index contributed by atoms with van der Waals surface area (Å²) in [6.07, 6.45) is -1.55. The molecule has 0 spiro atoms. The van der Waals surface area contributed by atoms with E-state index in [-0.39, 0.29) is 13.0 Å². The fourth-order valence-corrected chi connectivity index (χ4v) is 1.74. The van der Waals surface area contributed by atoms with Crippen molar-refractivity contribution >= 4 is 17.9 Å². The largest absolute Gasteiger partial charge is 0.390 e. The molecule has 0 aliphatic rings. The van der Waals surface area contributed by atoms with E-state index in [4.69, 9.17) is 17.1 Å². The zero-order valence-electron chi connectivity index (χ0n) is 9.40. The lowest BCUT2D eigenvalue weighted by Gasteiger charge is -2.17. The average Bonchev–Trinajstić information content (AvgIpc) is 2.37. The smallest absolute Gasteiger partial charge is 0.150 e. The molecule has 0 heterocycles. The van der Waals surface area contributed by atoms with Crippen molar-refractivity contribution in [3.8, 4) is 0 Å². The second kappa shape index (κ2) is 6.98. The topological polar surface area (TPSA) is 106 Å². The summed E-state index contributed by atoms with van der Waals surface area (Å²) in [6.45, 7) is 0.0792. The van der Waals surface area contributed by atoms with Crippen molar-refractivity contribution in [2.45, 2.75) is 18.6 Å². The van der Waals surface area contributed by atoms with Gasteiger partial charge in [-0.05, 0) is 35.7 Å². The van der Waals surface area contributed by atoms with Crippen LogP contribution in [0, 0.1) is 0 Å². The zero-order chi connectivity index (χ0) is 13.5. The number of rotatable bonds is 6. The van der Waals surface area contributed by atoms with Gasteiger partial charge in [-0.25, -0.2) is 0 Å². The van der Waals surface area contributed by atoms with E-state index in [2.05, 4.69) is 10.0 Å². The summed E-state index contributed by atoms with van der Waals surface area (Å²) in [4.78, 5) is 13.2. The molecule has 1 aromatic carbocycles. The van der Waals surface area contributed by atoms with E-state index in [1.807, 2.05) is 0 Å². The Hall–Kier alpha value is -1.59. The number of hydrogen-bond donors (Lipinski definition) is 2. The number of halogens is 1. The van der Waals surface area contributed by atoms with Gasteiger partial charge < -0.3 is 10.2 Å². The lowest BCUT2D eigenvalue weighted by atomic mass is 10.0. The molecule has 0 radical (unpaired) electrons. The number of carbonyl (C=O) groups is 1. The Morgan fingerprint density at radius 3 is 2.78 bits per heavy atom. The Labute approximate surface area is 108 Å². The van der Waals surface area contributed by atoms with E-state index in [0.29, 0.717) is 22.4 Å². The zero-order valence-corrected chi connectivity index (χ0v) is 10.2. The van der Waals surface area contributed by atoms with Gasteiger partial charge in [0, 0.05) is 22.0 Å². The van der Waals surface area contributed by atoms with E-state index in [0.717, 1.165) is 0 Å². The summed E-state index contributed by atoms with van der Waals surface area (Å²) in [7, 11) is 0. The molecule has 0 aliphatic carbocycles. The van der Waals surface area contributed by atoms with Crippen molar-refractivity contribution in [1.29, 1.82) is 0 Å². The van der Waals surface area contributed by atoms with E-state index in [9.17, 15) is 15.0 Å². The third-order valence-corrected chi connectivity index (χ3v) is 2.59. The monoisotopic (exact) mass is 269 g/mol. The first-order valence-electron chi connectivity index (χ1n) is 5.21. The van der Waals surface area contributed by atoms with Gasteiger partial charge in [-0.2, -0.15) is 0 Å². The van der Waals surface area contributed by atoms with Gasteiger partial charge in [0.2, 0.25) is 0 Å². The van der Waals surface area contributed by atoms with Gasteiger partial charge in [-0.1, -0.05) is 16.7 Å². The molecule has 96 valence electrons. The molecule has 0 amide bonds. The lowest BCUT2D eigenvalue weighted by molar-refractivity contribution is 0.0150. The van der Waals surface area contributed by atoms with Crippen LogP contribution in [0.4, 0.5) is 0 Å². The maximum atomic E-state index is 10.7. The summed E-state index contributed by atoms with van der Waals surface area (Å²) in [5.74, 6) is 0. The summed E-state index contributed by atoms with van der Waals surface area (Å²) >= 11 is 5.79. The fraction of sp³-hybridized carbons (Fsp3) is 0.364. The predicted octanol–water partition coefficient (Wildman–Crippen LogP) is 2.25. The molecular formula is C11H12ClN3O3. The number of hydrogen-bond acceptors (Lipinski definition) is 4. The molecule has 2 N–H and O–H groups in total. The maximum Gasteiger partial charge on any atom is 0.150 e. The third-order valence-electron chi connectivity index (χ3n) is 2.37. The fourth-order valence-electron chi connectivity index (χ4n) is 1.49. The van der Waals surface area contributed by atoms with Crippen LogP contribution in [0.2, 0.25) is 5.02 Å². The first-order chi connectivity index (χ1) is 8.58. The molecule has 0 saturated heterocycles. The van der Waals surface area contributed by atoms with Crippen LogP contribution >= 0.6 is 11.6 Å². The third kappa shape index (κ3) is 4.01. The van der Waals surface area contributed by atoms with E-state index >= 15 is 0 Å². The van der Waals surface area contributed by atoms with Crippen LogP contribution in [0.25, 0.3) is 10.4 Å². The van der Waals surface area contributed by atoms with Gasteiger partial charge in [-0.3, -0.25) is 4.79 Å². The summed E-state index contributed by atoms with van der Waals surface area (Å²) in [5.41, 5.74) is 8.76.